The van der Waals surface area contributed by atoms with Crippen molar-refractivity contribution in [1.82, 2.24) is 20.4 Å². The normalized spacial score (nSPS) is 30.0. The molecular formula is C15H26N4O2. The van der Waals surface area contributed by atoms with Gasteiger partial charge < -0.3 is 15.5 Å². The summed E-state index contributed by atoms with van der Waals surface area (Å²) >= 11 is 0. The van der Waals surface area contributed by atoms with Crippen LogP contribution in [0.2, 0.25) is 0 Å². The van der Waals surface area contributed by atoms with E-state index in [1.165, 1.54) is 4.90 Å². The third-order valence-electron chi connectivity index (χ3n) is 5.08. The third kappa shape index (κ3) is 2.66. The van der Waals surface area contributed by atoms with Gasteiger partial charge in [-0.2, -0.15) is 0 Å². The van der Waals surface area contributed by atoms with Crippen LogP contribution >= 0.6 is 0 Å². The van der Waals surface area contributed by atoms with Crippen molar-refractivity contribution in [3.8, 4) is 0 Å². The van der Waals surface area contributed by atoms with Crippen LogP contribution in [0.3, 0.4) is 0 Å². The van der Waals surface area contributed by atoms with Crippen LogP contribution < -0.4 is 10.6 Å². The minimum atomic E-state index is -0.626. The summed E-state index contributed by atoms with van der Waals surface area (Å²) in [5.74, 6) is 0.0114. The summed E-state index contributed by atoms with van der Waals surface area (Å²) in [6.07, 6.45) is 4.57. The summed E-state index contributed by atoms with van der Waals surface area (Å²) in [5.41, 5.74) is -0.626. The maximum atomic E-state index is 12.9. The van der Waals surface area contributed by atoms with Gasteiger partial charge in [-0.3, -0.25) is 9.69 Å². The lowest BCUT2D eigenvalue weighted by Crippen LogP contribution is -2.56. The second-order valence-corrected chi connectivity index (χ2v) is 6.53. The van der Waals surface area contributed by atoms with Gasteiger partial charge in [-0.25, -0.2) is 4.79 Å². The van der Waals surface area contributed by atoms with Crippen LogP contribution in [0.25, 0.3) is 0 Å². The highest BCUT2D eigenvalue weighted by Gasteiger charge is 2.53. The highest BCUT2D eigenvalue weighted by Crippen LogP contribution is 2.31. The Bertz CT molecular complexity index is 412. The first-order chi connectivity index (χ1) is 10.2. The zero-order chi connectivity index (χ0) is 14.9. The van der Waals surface area contributed by atoms with Gasteiger partial charge in [0.15, 0.2) is 0 Å². The van der Waals surface area contributed by atoms with Crippen molar-refractivity contribution in [3.63, 3.8) is 0 Å². The molecule has 1 unspecified atom stereocenters. The number of nitrogens with zero attached hydrogens (tertiary/aromatic N) is 2. The summed E-state index contributed by atoms with van der Waals surface area (Å²) in [6.45, 7) is 6.76. The number of rotatable bonds is 3. The number of carbonyl (C=O) groups is 2. The fraction of sp³-hybridized carbons (Fsp3) is 0.867. The number of amides is 3. The van der Waals surface area contributed by atoms with Crippen molar-refractivity contribution in [2.75, 3.05) is 32.7 Å². The van der Waals surface area contributed by atoms with Crippen LogP contribution in [-0.2, 0) is 4.79 Å². The molecule has 3 saturated heterocycles. The first-order valence-corrected chi connectivity index (χ1v) is 8.25. The fourth-order valence-corrected chi connectivity index (χ4v) is 3.84. The van der Waals surface area contributed by atoms with E-state index >= 15 is 0 Å². The molecule has 0 aliphatic carbocycles. The first kappa shape index (κ1) is 14.8. The van der Waals surface area contributed by atoms with E-state index < -0.39 is 5.54 Å². The maximum Gasteiger partial charge on any atom is 0.325 e. The van der Waals surface area contributed by atoms with E-state index in [4.69, 9.17) is 0 Å². The molecule has 3 aliphatic rings. The molecule has 1 spiro atoms. The molecule has 6 heteroatoms. The Kier molecular flexibility index (Phi) is 4.17. The van der Waals surface area contributed by atoms with E-state index in [-0.39, 0.29) is 18.0 Å². The van der Waals surface area contributed by atoms with Crippen molar-refractivity contribution in [2.24, 2.45) is 0 Å². The highest BCUT2D eigenvalue weighted by atomic mass is 16.2. The standard InChI is InChI=1S/C15H26N4O2/c1-2-8-18-9-5-15(6-10-18)13(20)19(14(21)17-15)12-4-3-7-16-11-12/h12,16H,2-11H2,1H3,(H,17,21). The quantitative estimate of drug-likeness (QED) is 0.746. The van der Waals surface area contributed by atoms with E-state index in [9.17, 15) is 9.59 Å². The lowest BCUT2D eigenvalue weighted by atomic mass is 9.87. The Hall–Kier alpha value is -1.14. The Morgan fingerprint density at radius 3 is 2.67 bits per heavy atom. The number of likely N-dealkylation sites (tertiary alicyclic amines) is 1. The minimum Gasteiger partial charge on any atom is -0.323 e. The number of hydrogen-bond donors (Lipinski definition) is 2. The SMILES string of the molecule is CCCN1CCC2(CC1)NC(=O)N(C1CCCNC1)C2=O. The van der Waals surface area contributed by atoms with Crippen LogP contribution in [0.4, 0.5) is 4.79 Å². The number of urea groups is 1. The van der Waals surface area contributed by atoms with Gasteiger partial charge in [0.25, 0.3) is 5.91 Å². The molecule has 0 radical (unpaired) electrons. The Balaban J connectivity index is 1.68. The Morgan fingerprint density at radius 1 is 1.29 bits per heavy atom. The summed E-state index contributed by atoms with van der Waals surface area (Å²) in [4.78, 5) is 29.1. The van der Waals surface area contributed by atoms with E-state index in [1.807, 2.05) is 0 Å². The van der Waals surface area contributed by atoms with Gasteiger partial charge in [-0.05, 0) is 45.2 Å². The van der Waals surface area contributed by atoms with Crippen LogP contribution in [0.15, 0.2) is 0 Å². The van der Waals surface area contributed by atoms with Gasteiger partial charge in [0.1, 0.15) is 5.54 Å². The molecule has 3 amide bonds. The Morgan fingerprint density at radius 2 is 2.05 bits per heavy atom. The molecule has 6 nitrogen and oxygen atoms in total. The number of imide groups is 1. The van der Waals surface area contributed by atoms with E-state index in [0.717, 1.165) is 64.8 Å². The predicted molar refractivity (Wildman–Crippen MR) is 80.0 cm³/mol. The van der Waals surface area contributed by atoms with Crippen molar-refractivity contribution in [3.05, 3.63) is 0 Å². The largest absolute Gasteiger partial charge is 0.325 e. The zero-order valence-corrected chi connectivity index (χ0v) is 12.9. The predicted octanol–water partition coefficient (Wildman–Crippen LogP) is 0.535. The monoisotopic (exact) mass is 294 g/mol. The maximum absolute atomic E-state index is 12.9. The summed E-state index contributed by atoms with van der Waals surface area (Å²) < 4.78 is 0. The molecular weight excluding hydrogens is 268 g/mol. The van der Waals surface area contributed by atoms with Crippen LogP contribution in [-0.4, -0.2) is 66.0 Å². The van der Waals surface area contributed by atoms with E-state index in [0.29, 0.717) is 0 Å². The van der Waals surface area contributed by atoms with Crippen LogP contribution in [0.1, 0.15) is 39.0 Å². The molecule has 1 atom stereocenters. The molecule has 3 rings (SSSR count). The molecule has 118 valence electrons. The molecule has 2 N–H and O–H groups in total. The molecule has 3 fully saturated rings. The third-order valence-corrected chi connectivity index (χ3v) is 5.08. The van der Waals surface area contributed by atoms with Crippen LogP contribution in [0.5, 0.6) is 0 Å². The van der Waals surface area contributed by atoms with Crippen molar-refractivity contribution < 1.29 is 9.59 Å². The van der Waals surface area contributed by atoms with Gasteiger partial charge in [0.05, 0.1) is 6.04 Å². The van der Waals surface area contributed by atoms with Crippen molar-refractivity contribution in [1.29, 1.82) is 0 Å². The fourth-order valence-electron chi connectivity index (χ4n) is 3.84. The molecule has 3 heterocycles. The molecule has 0 saturated carbocycles. The van der Waals surface area contributed by atoms with E-state index in [1.54, 1.807) is 0 Å². The highest BCUT2D eigenvalue weighted by molar-refractivity contribution is 6.07. The van der Waals surface area contributed by atoms with E-state index in [2.05, 4.69) is 22.5 Å². The van der Waals surface area contributed by atoms with Crippen LogP contribution in [0, 0.1) is 0 Å². The smallest absolute Gasteiger partial charge is 0.323 e. The van der Waals surface area contributed by atoms with Crippen molar-refractivity contribution in [2.45, 2.75) is 50.6 Å². The molecule has 0 aromatic heterocycles. The molecule has 3 aliphatic heterocycles. The van der Waals surface area contributed by atoms with Gasteiger partial charge >= 0.3 is 6.03 Å². The number of piperidine rings is 2. The first-order valence-electron chi connectivity index (χ1n) is 8.25. The lowest BCUT2D eigenvalue weighted by Gasteiger charge is -2.37. The van der Waals surface area contributed by atoms with Gasteiger partial charge in [-0.1, -0.05) is 6.92 Å². The molecule has 0 aromatic carbocycles. The average Bonchev–Trinajstić information content (AvgIpc) is 2.74. The minimum absolute atomic E-state index is 0.0114. The number of carbonyl (C=O) groups excluding carboxylic acids is 2. The second-order valence-electron chi connectivity index (χ2n) is 6.53. The Labute approximate surface area is 126 Å². The number of nitrogens with one attached hydrogen (secondary N) is 2. The van der Waals surface area contributed by atoms with Gasteiger partial charge in [0, 0.05) is 19.6 Å². The topological polar surface area (TPSA) is 64.7 Å². The van der Waals surface area contributed by atoms with Gasteiger partial charge in [0.2, 0.25) is 0 Å². The average molecular weight is 294 g/mol. The molecule has 0 aromatic rings. The number of hydrogen-bond acceptors (Lipinski definition) is 4. The summed E-state index contributed by atoms with van der Waals surface area (Å²) in [5, 5.41) is 6.30. The summed E-state index contributed by atoms with van der Waals surface area (Å²) in [7, 11) is 0. The lowest BCUT2D eigenvalue weighted by molar-refractivity contribution is -0.134. The summed E-state index contributed by atoms with van der Waals surface area (Å²) in [6, 6.07) is -0.156. The van der Waals surface area contributed by atoms with Crippen molar-refractivity contribution >= 4 is 11.9 Å². The zero-order valence-electron chi connectivity index (χ0n) is 12.9. The van der Waals surface area contributed by atoms with Gasteiger partial charge in [-0.15, -0.1) is 0 Å². The molecule has 21 heavy (non-hydrogen) atoms. The molecule has 0 bridgehead atoms. The second kappa shape index (κ2) is 5.93.